The van der Waals surface area contributed by atoms with E-state index in [1.165, 1.54) is 17.1 Å². The normalized spacial score (nSPS) is 19.7. The SMILES string of the molecule is C=C(CCC(=O)CNC(=O)CN)NC(CCCCNC(=O)C1CCC(CN2C(=O)C=CC2=O)CC1)C(=O)O. The van der Waals surface area contributed by atoms with E-state index in [1.54, 1.807) is 0 Å². The minimum absolute atomic E-state index is 0.0213. The van der Waals surface area contributed by atoms with Crippen LogP contribution in [0.4, 0.5) is 0 Å². The molecule has 1 aliphatic heterocycles. The Morgan fingerprint density at radius 2 is 1.68 bits per heavy atom. The molecule has 12 heteroatoms. The number of carboxylic acid groups (broad SMARTS) is 1. The summed E-state index contributed by atoms with van der Waals surface area (Å²) in [7, 11) is 0. The number of hydrogen-bond acceptors (Lipinski definition) is 8. The molecule has 0 spiro atoms. The smallest absolute Gasteiger partial charge is 0.326 e. The van der Waals surface area contributed by atoms with Gasteiger partial charge in [-0.05, 0) is 57.3 Å². The third-order valence-corrected chi connectivity index (χ3v) is 6.83. The Labute approximate surface area is 222 Å². The van der Waals surface area contributed by atoms with Gasteiger partial charge < -0.3 is 26.8 Å². The van der Waals surface area contributed by atoms with Crippen LogP contribution < -0.4 is 21.7 Å². The van der Waals surface area contributed by atoms with Crippen LogP contribution in [0, 0.1) is 11.8 Å². The molecule has 210 valence electrons. The second-order valence-corrected chi connectivity index (χ2v) is 9.78. The van der Waals surface area contributed by atoms with Gasteiger partial charge in [0.25, 0.3) is 11.8 Å². The molecule has 0 aromatic rings. The molecule has 1 aliphatic carbocycles. The first-order chi connectivity index (χ1) is 18.1. The number of allylic oxidation sites excluding steroid dienone is 1. The summed E-state index contributed by atoms with van der Waals surface area (Å²) in [6.45, 7) is 4.30. The molecule has 1 saturated carbocycles. The van der Waals surface area contributed by atoms with E-state index in [0.717, 1.165) is 12.8 Å². The molecule has 2 aliphatic rings. The highest BCUT2D eigenvalue weighted by molar-refractivity contribution is 6.12. The highest BCUT2D eigenvalue weighted by Gasteiger charge is 2.31. The van der Waals surface area contributed by atoms with Gasteiger partial charge in [-0.2, -0.15) is 0 Å². The Morgan fingerprint density at radius 1 is 1.03 bits per heavy atom. The molecule has 38 heavy (non-hydrogen) atoms. The monoisotopic (exact) mass is 533 g/mol. The van der Waals surface area contributed by atoms with Crippen LogP contribution in [0.25, 0.3) is 0 Å². The summed E-state index contributed by atoms with van der Waals surface area (Å²) in [6.07, 6.45) is 7.41. The minimum Gasteiger partial charge on any atom is -0.480 e. The van der Waals surface area contributed by atoms with Crippen molar-refractivity contribution in [3.8, 4) is 0 Å². The van der Waals surface area contributed by atoms with Crippen molar-refractivity contribution in [3.63, 3.8) is 0 Å². The van der Waals surface area contributed by atoms with Crippen LogP contribution >= 0.6 is 0 Å². The van der Waals surface area contributed by atoms with E-state index in [9.17, 15) is 33.9 Å². The molecule has 0 aromatic heterocycles. The van der Waals surface area contributed by atoms with E-state index in [4.69, 9.17) is 5.73 Å². The van der Waals surface area contributed by atoms with Gasteiger partial charge in [0.1, 0.15) is 6.04 Å². The number of amides is 4. The average Bonchev–Trinajstić information content (AvgIpc) is 3.21. The maximum absolute atomic E-state index is 12.5. The summed E-state index contributed by atoms with van der Waals surface area (Å²) in [6, 6.07) is -0.856. The van der Waals surface area contributed by atoms with Crippen LogP contribution in [0.15, 0.2) is 24.4 Å². The first kappa shape index (κ1) is 30.7. The maximum Gasteiger partial charge on any atom is 0.326 e. The fourth-order valence-electron chi connectivity index (χ4n) is 4.53. The van der Waals surface area contributed by atoms with E-state index < -0.39 is 17.9 Å². The van der Waals surface area contributed by atoms with Gasteiger partial charge in [-0.15, -0.1) is 0 Å². The largest absolute Gasteiger partial charge is 0.480 e. The van der Waals surface area contributed by atoms with Crippen LogP contribution in [0.3, 0.4) is 0 Å². The van der Waals surface area contributed by atoms with Crippen molar-refractivity contribution in [1.82, 2.24) is 20.9 Å². The third kappa shape index (κ3) is 10.4. The van der Waals surface area contributed by atoms with Crippen LogP contribution in [0.5, 0.6) is 0 Å². The molecule has 4 amide bonds. The number of ketones is 1. The minimum atomic E-state index is -1.03. The number of nitrogens with two attached hydrogens (primary N) is 1. The second kappa shape index (κ2) is 15.7. The van der Waals surface area contributed by atoms with Gasteiger partial charge in [0.05, 0.1) is 13.1 Å². The number of hydrogen-bond donors (Lipinski definition) is 5. The molecule has 1 atom stereocenters. The van der Waals surface area contributed by atoms with Gasteiger partial charge in [0, 0.05) is 43.3 Å². The van der Waals surface area contributed by atoms with Gasteiger partial charge in [0.2, 0.25) is 11.8 Å². The lowest BCUT2D eigenvalue weighted by atomic mass is 9.81. The zero-order valence-corrected chi connectivity index (χ0v) is 21.7. The zero-order valence-electron chi connectivity index (χ0n) is 21.7. The summed E-state index contributed by atoms with van der Waals surface area (Å²) in [4.78, 5) is 71.7. The topological polar surface area (TPSA) is 188 Å². The maximum atomic E-state index is 12.5. The van der Waals surface area contributed by atoms with E-state index in [1.807, 2.05) is 0 Å². The summed E-state index contributed by atoms with van der Waals surface area (Å²) in [5.74, 6) is -2.13. The number of imide groups is 1. The number of aliphatic carboxylic acids is 1. The number of nitrogens with zero attached hydrogens (tertiary/aromatic N) is 1. The predicted octanol–water partition coefficient (Wildman–Crippen LogP) is -0.0150. The molecule has 0 aromatic carbocycles. The first-order valence-electron chi connectivity index (χ1n) is 13.1. The molecule has 12 nitrogen and oxygen atoms in total. The van der Waals surface area contributed by atoms with Crippen molar-refractivity contribution in [2.75, 3.05) is 26.2 Å². The zero-order chi connectivity index (χ0) is 28.1. The van der Waals surface area contributed by atoms with Crippen LogP contribution in [0.1, 0.15) is 57.8 Å². The number of unbranched alkanes of at least 4 members (excludes halogenated alkanes) is 1. The number of Topliss-reactive ketones (excluding diaryl/α,β-unsaturated/α-hetero) is 1. The van der Waals surface area contributed by atoms with Crippen molar-refractivity contribution < 1.29 is 33.9 Å². The molecule has 1 unspecified atom stereocenters. The molecule has 0 saturated heterocycles. The Kier molecular flexibility index (Phi) is 12.6. The fraction of sp³-hybridized carbons (Fsp3) is 0.615. The molecule has 1 fully saturated rings. The Morgan fingerprint density at radius 3 is 2.29 bits per heavy atom. The van der Waals surface area contributed by atoms with Crippen LogP contribution in [-0.4, -0.2) is 77.6 Å². The number of carboxylic acids is 1. The summed E-state index contributed by atoms with van der Waals surface area (Å²) in [5.41, 5.74) is 5.59. The second-order valence-electron chi connectivity index (χ2n) is 9.78. The van der Waals surface area contributed by atoms with E-state index in [2.05, 4.69) is 22.5 Å². The van der Waals surface area contributed by atoms with Gasteiger partial charge in [-0.3, -0.25) is 28.9 Å². The van der Waals surface area contributed by atoms with Crippen LogP contribution in [-0.2, 0) is 28.8 Å². The molecule has 1 heterocycles. The van der Waals surface area contributed by atoms with Gasteiger partial charge >= 0.3 is 5.97 Å². The van der Waals surface area contributed by atoms with E-state index in [0.29, 0.717) is 50.9 Å². The molecular formula is C26H39N5O7. The standard InChI is InChI=1S/C26H39N5O7/c1-17(5-10-20(32)15-29-22(33)14-27)30-21(26(37)38)4-2-3-13-28-25(36)19-8-6-18(7-9-19)16-31-23(34)11-12-24(31)35/h11-12,18-19,21,30H,1-10,13-16,27H2,(H,28,36)(H,29,33)(H,37,38). The molecule has 2 rings (SSSR count). The summed E-state index contributed by atoms with van der Waals surface area (Å²) >= 11 is 0. The molecule has 6 N–H and O–H groups in total. The van der Waals surface area contributed by atoms with Gasteiger partial charge in [0.15, 0.2) is 5.78 Å². The molecule has 0 bridgehead atoms. The third-order valence-electron chi connectivity index (χ3n) is 6.83. The quantitative estimate of drug-likeness (QED) is 0.126. The lowest BCUT2D eigenvalue weighted by Crippen LogP contribution is -2.38. The number of rotatable bonds is 17. The van der Waals surface area contributed by atoms with Crippen molar-refractivity contribution in [1.29, 1.82) is 0 Å². The van der Waals surface area contributed by atoms with Gasteiger partial charge in [-0.25, -0.2) is 4.79 Å². The van der Waals surface area contributed by atoms with E-state index in [-0.39, 0.29) is 61.3 Å². The summed E-state index contributed by atoms with van der Waals surface area (Å²) in [5, 5.41) is 17.6. The van der Waals surface area contributed by atoms with Crippen LogP contribution in [0.2, 0.25) is 0 Å². The molecule has 0 radical (unpaired) electrons. The van der Waals surface area contributed by atoms with Crippen molar-refractivity contribution >= 4 is 35.4 Å². The van der Waals surface area contributed by atoms with Gasteiger partial charge in [-0.1, -0.05) is 6.58 Å². The number of nitrogens with one attached hydrogen (secondary N) is 3. The fourth-order valence-corrected chi connectivity index (χ4v) is 4.53. The Bertz CT molecular complexity index is 922. The average molecular weight is 534 g/mol. The number of carbonyl (C=O) groups excluding carboxylic acids is 5. The lowest BCUT2D eigenvalue weighted by Gasteiger charge is -2.30. The van der Waals surface area contributed by atoms with Crippen molar-refractivity contribution in [2.45, 2.75) is 63.8 Å². The van der Waals surface area contributed by atoms with E-state index >= 15 is 0 Å². The highest BCUT2D eigenvalue weighted by atomic mass is 16.4. The highest BCUT2D eigenvalue weighted by Crippen LogP contribution is 2.30. The summed E-state index contributed by atoms with van der Waals surface area (Å²) < 4.78 is 0. The first-order valence-corrected chi connectivity index (χ1v) is 13.1. The Balaban J connectivity index is 1.59. The lowest BCUT2D eigenvalue weighted by molar-refractivity contribution is -0.140. The molecular weight excluding hydrogens is 494 g/mol. The predicted molar refractivity (Wildman–Crippen MR) is 138 cm³/mol. The number of carbonyl (C=O) groups is 6. The van der Waals surface area contributed by atoms with Crippen molar-refractivity contribution in [2.24, 2.45) is 17.6 Å². The van der Waals surface area contributed by atoms with Crippen molar-refractivity contribution in [3.05, 3.63) is 24.4 Å². The Hall–Kier alpha value is -3.54.